The van der Waals surface area contributed by atoms with E-state index in [0.29, 0.717) is 11.8 Å². The van der Waals surface area contributed by atoms with Crippen molar-refractivity contribution in [2.24, 2.45) is 5.92 Å². The van der Waals surface area contributed by atoms with Crippen LogP contribution in [-0.2, 0) is 4.74 Å². The van der Waals surface area contributed by atoms with Gasteiger partial charge in [-0.05, 0) is 48.9 Å². The number of hydrogen-bond acceptors (Lipinski definition) is 2. The Morgan fingerprint density at radius 3 is 3.00 bits per heavy atom. The fourth-order valence-corrected chi connectivity index (χ4v) is 2.24. The van der Waals surface area contributed by atoms with E-state index in [0.717, 1.165) is 25.3 Å². The summed E-state index contributed by atoms with van der Waals surface area (Å²) < 4.78 is 18.1. The summed E-state index contributed by atoms with van der Waals surface area (Å²) in [6, 6.07) is 5.48. The quantitative estimate of drug-likeness (QED) is 0.767. The maximum absolute atomic E-state index is 13.1. The zero-order valence-corrected chi connectivity index (χ0v) is 10.5. The van der Waals surface area contributed by atoms with E-state index in [1.807, 2.05) is 19.1 Å². The van der Waals surface area contributed by atoms with E-state index >= 15 is 0 Å². The van der Waals surface area contributed by atoms with Crippen LogP contribution in [0.1, 0.15) is 23.5 Å². The normalized spacial score (nSPS) is 22.8. The Hall–Kier alpha value is -0.930. The van der Waals surface area contributed by atoms with Gasteiger partial charge >= 0.3 is 0 Å². The molecule has 0 spiro atoms. The standard InChI is InChI=1S/C14H20FNO/c1-10-7-11(3-4-14(10)15)13-8-12(13)9-16-5-6-17-2/h3-4,7,12-13,16H,5-6,8-9H2,1-2H3. The zero-order valence-electron chi connectivity index (χ0n) is 10.5. The Balaban J connectivity index is 1.79. The molecule has 1 aliphatic carbocycles. The van der Waals surface area contributed by atoms with Gasteiger partial charge in [0.1, 0.15) is 5.82 Å². The number of methoxy groups -OCH3 is 1. The Labute approximate surface area is 102 Å². The van der Waals surface area contributed by atoms with Gasteiger partial charge in [0.25, 0.3) is 0 Å². The van der Waals surface area contributed by atoms with Crippen LogP contribution in [0.15, 0.2) is 18.2 Å². The molecule has 2 rings (SSSR count). The lowest BCUT2D eigenvalue weighted by Crippen LogP contribution is -2.21. The molecule has 0 aromatic heterocycles. The van der Waals surface area contributed by atoms with Crippen molar-refractivity contribution in [2.75, 3.05) is 26.8 Å². The maximum atomic E-state index is 13.1. The Bertz CT molecular complexity index is 380. The zero-order chi connectivity index (χ0) is 12.3. The van der Waals surface area contributed by atoms with Crippen LogP contribution in [0.5, 0.6) is 0 Å². The van der Waals surface area contributed by atoms with E-state index in [-0.39, 0.29) is 5.82 Å². The summed E-state index contributed by atoms with van der Waals surface area (Å²) in [4.78, 5) is 0. The van der Waals surface area contributed by atoms with Crippen molar-refractivity contribution in [3.63, 3.8) is 0 Å². The first-order chi connectivity index (χ1) is 8.22. The molecule has 1 saturated carbocycles. The number of aryl methyl sites for hydroxylation is 1. The third-order valence-corrected chi connectivity index (χ3v) is 3.42. The van der Waals surface area contributed by atoms with Gasteiger partial charge in [-0.2, -0.15) is 0 Å². The van der Waals surface area contributed by atoms with Crippen LogP contribution in [0, 0.1) is 18.7 Å². The van der Waals surface area contributed by atoms with Crippen molar-refractivity contribution in [3.05, 3.63) is 35.1 Å². The van der Waals surface area contributed by atoms with Crippen molar-refractivity contribution in [2.45, 2.75) is 19.3 Å². The van der Waals surface area contributed by atoms with Gasteiger partial charge in [0, 0.05) is 13.7 Å². The molecule has 94 valence electrons. The van der Waals surface area contributed by atoms with E-state index in [1.54, 1.807) is 13.2 Å². The van der Waals surface area contributed by atoms with Crippen LogP contribution in [0.25, 0.3) is 0 Å². The van der Waals surface area contributed by atoms with E-state index in [4.69, 9.17) is 4.74 Å². The molecule has 1 aromatic rings. The summed E-state index contributed by atoms with van der Waals surface area (Å²) in [5, 5.41) is 3.37. The third kappa shape index (κ3) is 3.27. The van der Waals surface area contributed by atoms with Crippen LogP contribution in [-0.4, -0.2) is 26.8 Å². The molecule has 17 heavy (non-hydrogen) atoms. The number of nitrogens with one attached hydrogen (secondary N) is 1. The minimum atomic E-state index is -0.107. The minimum Gasteiger partial charge on any atom is -0.383 e. The molecule has 2 unspecified atom stereocenters. The molecule has 3 heteroatoms. The van der Waals surface area contributed by atoms with Crippen LogP contribution >= 0.6 is 0 Å². The third-order valence-electron chi connectivity index (χ3n) is 3.42. The highest BCUT2D eigenvalue weighted by molar-refractivity contribution is 5.30. The lowest BCUT2D eigenvalue weighted by molar-refractivity contribution is 0.199. The Morgan fingerprint density at radius 1 is 1.47 bits per heavy atom. The molecular weight excluding hydrogens is 217 g/mol. The summed E-state index contributed by atoms with van der Waals surface area (Å²) in [7, 11) is 1.71. The number of benzene rings is 1. The topological polar surface area (TPSA) is 21.3 Å². The van der Waals surface area contributed by atoms with Gasteiger partial charge in [-0.1, -0.05) is 12.1 Å². The van der Waals surface area contributed by atoms with E-state index in [2.05, 4.69) is 5.32 Å². The fraction of sp³-hybridized carbons (Fsp3) is 0.571. The first-order valence-corrected chi connectivity index (χ1v) is 6.18. The lowest BCUT2D eigenvalue weighted by atomic mass is 10.1. The molecule has 2 nitrogen and oxygen atoms in total. The summed E-state index contributed by atoms with van der Waals surface area (Å²) in [5.41, 5.74) is 2.03. The molecular formula is C14H20FNO. The van der Waals surface area contributed by atoms with Crippen molar-refractivity contribution in [3.8, 4) is 0 Å². The highest BCUT2D eigenvalue weighted by Gasteiger charge is 2.37. The Morgan fingerprint density at radius 2 is 2.29 bits per heavy atom. The van der Waals surface area contributed by atoms with Crippen molar-refractivity contribution in [1.29, 1.82) is 0 Å². The molecule has 0 aliphatic heterocycles. The molecule has 0 heterocycles. The molecule has 2 atom stereocenters. The van der Waals surface area contributed by atoms with Gasteiger partial charge in [-0.3, -0.25) is 0 Å². The van der Waals surface area contributed by atoms with Gasteiger partial charge < -0.3 is 10.1 Å². The largest absolute Gasteiger partial charge is 0.383 e. The lowest BCUT2D eigenvalue weighted by Gasteiger charge is -2.05. The summed E-state index contributed by atoms with van der Waals surface area (Å²) >= 11 is 0. The van der Waals surface area contributed by atoms with Crippen molar-refractivity contribution < 1.29 is 9.13 Å². The maximum Gasteiger partial charge on any atom is 0.126 e. The summed E-state index contributed by atoms with van der Waals surface area (Å²) in [6.07, 6.45) is 1.21. The monoisotopic (exact) mass is 237 g/mol. The van der Waals surface area contributed by atoms with E-state index in [9.17, 15) is 4.39 Å². The fourth-order valence-electron chi connectivity index (χ4n) is 2.24. The van der Waals surface area contributed by atoms with Crippen LogP contribution in [0.4, 0.5) is 4.39 Å². The molecule has 0 saturated heterocycles. The highest BCUT2D eigenvalue weighted by Crippen LogP contribution is 2.47. The van der Waals surface area contributed by atoms with Gasteiger partial charge in [0.05, 0.1) is 6.61 Å². The molecule has 0 radical (unpaired) electrons. The average Bonchev–Trinajstić information content (AvgIpc) is 3.08. The average molecular weight is 237 g/mol. The molecule has 0 bridgehead atoms. The van der Waals surface area contributed by atoms with Gasteiger partial charge in [-0.15, -0.1) is 0 Å². The number of ether oxygens (including phenoxy) is 1. The predicted octanol–water partition coefficient (Wildman–Crippen LogP) is 2.47. The van der Waals surface area contributed by atoms with E-state index in [1.165, 1.54) is 12.0 Å². The van der Waals surface area contributed by atoms with Crippen molar-refractivity contribution in [1.82, 2.24) is 5.32 Å². The second-order valence-electron chi connectivity index (χ2n) is 4.81. The molecule has 1 N–H and O–H groups in total. The first kappa shape index (κ1) is 12.5. The summed E-state index contributed by atoms with van der Waals surface area (Å²) in [6.45, 7) is 4.52. The van der Waals surface area contributed by atoms with Crippen molar-refractivity contribution >= 4 is 0 Å². The Kier molecular flexibility index (Phi) is 4.13. The molecule has 1 fully saturated rings. The molecule has 1 aliphatic rings. The van der Waals surface area contributed by atoms with Gasteiger partial charge in [0.15, 0.2) is 0 Å². The molecule has 0 amide bonds. The first-order valence-electron chi connectivity index (χ1n) is 6.18. The second kappa shape index (κ2) is 5.61. The minimum absolute atomic E-state index is 0.107. The van der Waals surface area contributed by atoms with Gasteiger partial charge in [0.2, 0.25) is 0 Å². The van der Waals surface area contributed by atoms with Gasteiger partial charge in [-0.25, -0.2) is 4.39 Å². The highest BCUT2D eigenvalue weighted by atomic mass is 19.1. The van der Waals surface area contributed by atoms with Crippen LogP contribution in [0.3, 0.4) is 0 Å². The number of rotatable bonds is 6. The molecule has 1 aromatic carbocycles. The van der Waals surface area contributed by atoms with Crippen LogP contribution < -0.4 is 5.32 Å². The second-order valence-corrected chi connectivity index (χ2v) is 4.81. The van der Waals surface area contributed by atoms with Crippen LogP contribution in [0.2, 0.25) is 0 Å². The van der Waals surface area contributed by atoms with E-state index < -0.39 is 0 Å². The smallest absolute Gasteiger partial charge is 0.126 e. The summed E-state index contributed by atoms with van der Waals surface area (Å²) in [5.74, 6) is 1.21. The number of hydrogen-bond donors (Lipinski definition) is 1. The number of halogens is 1. The SMILES string of the molecule is COCCNCC1CC1c1ccc(F)c(C)c1. The predicted molar refractivity (Wildman–Crippen MR) is 66.7 cm³/mol.